The molecule has 0 radical (unpaired) electrons. The number of phenols is 1. The molecule has 1 aromatic rings. The zero-order chi connectivity index (χ0) is 14.4. The highest BCUT2D eigenvalue weighted by Gasteiger charge is 2.24. The molecule has 1 heterocycles. The second-order valence-corrected chi connectivity index (χ2v) is 5.37. The molecular weight excluding hydrogens is 323 g/mol. The van der Waals surface area contributed by atoms with Crippen molar-refractivity contribution in [1.82, 2.24) is 10.2 Å². The van der Waals surface area contributed by atoms with Crippen molar-refractivity contribution < 1.29 is 9.84 Å². The first kappa shape index (κ1) is 21.3. The van der Waals surface area contributed by atoms with Crippen LogP contribution in [0.25, 0.3) is 0 Å². The average molecular weight is 351 g/mol. The third kappa shape index (κ3) is 5.51. The number of piperazine rings is 1. The molecule has 1 atom stereocenters. The minimum atomic E-state index is 0. The number of hydrogen-bond acceptors (Lipinski definition) is 4. The number of methoxy groups -OCH3 is 1. The quantitative estimate of drug-likeness (QED) is 0.825. The second-order valence-electron chi connectivity index (χ2n) is 5.37. The van der Waals surface area contributed by atoms with Crippen LogP contribution in [-0.4, -0.2) is 43.3 Å². The number of aromatic hydroxyl groups is 1. The van der Waals surface area contributed by atoms with Gasteiger partial charge >= 0.3 is 0 Å². The lowest BCUT2D eigenvalue weighted by molar-refractivity contribution is 0.160. The molecule has 0 bridgehead atoms. The Bertz CT molecular complexity index is 427. The molecule has 1 aromatic carbocycles. The molecule has 1 aliphatic rings. The van der Waals surface area contributed by atoms with E-state index in [0.29, 0.717) is 17.5 Å². The number of nitrogens with one attached hydrogen (secondary N) is 1. The van der Waals surface area contributed by atoms with Gasteiger partial charge in [0.15, 0.2) is 0 Å². The van der Waals surface area contributed by atoms with E-state index in [1.54, 1.807) is 13.2 Å². The Hall–Kier alpha value is -0.680. The first-order valence-corrected chi connectivity index (χ1v) is 7.58. The zero-order valence-electron chi connectivity index (χ0n) is 13.4. The number of rotatable bonds is 6. The van der Waals surface area contributed by atoms with E-state index < -0.39 is 0 Å². The highest BCUT2D eigenvalue weighted by atomic mass is 35.5. The molecule has 0 unspecified atom stereocenters. The van der Waals surface area contributed by atoms with Gasteiger partial charge in [-0.2, -0.15) is 0 Å². The third-order valence-electron chi connectivity index (χ3n) is 4.02. The van der Waals surface area contributed by atoms with Crippen LogP contribution in [0.15, 0.2) is 18.2 Å². The van der Waals surface area contributed by atoms with Gasteiger partial charge in [-0.3, -0.25) is 4.90 Å². The smallest absolute Gasteiger partial charge is 0.124 e. The van der Waals surface area contributed by atoms with Gasteiger partial charge in [0.1, 0.15) is 11.5 Å². The molecule has 0 spiro atoms. The van der Waals surface area contributed by atoms with E-state index in [2.05, 4.69) is 17.1 Å². The van der Waals surface area contributed by atoms with Crippen molar-refractivity contribution in [2.24, 2.45) is 0 Å². The van der Waals surface area contributed by atoms with E-state index >= 15 is 0 Å². The lowest BCUT2D eigenvalue weighted by Crippen LogP contribution is -2.45. The number of halogens is 2. The largest absolute Gasteiger partial charge is 0.507 e. The van der Waals surface area contributed by atoms with Gasteiger partial charge in [-0.1, -0.05) is 25.8 Å². The SMILES string of the molecule is CCCC[C@H](c1ccc(OC)cc1O)N1CCNCC1.Cl.Cl. The fourth-order valence-electron chi connectivity index (χ4n) is 2.86. The molecule has 2 rings (SSSR count). The van der Waals surface area contributed by atoms with Crippen LogP contribution >= 0.6 is 24.8 Å². The number of benzene rings is 1. The molecule has 128 valence electrons. The lowest BCUT2D eigenvalue weighted by Gasteiger charge is -2.35. The molecule has 1 aliphatic heterocycles. The number of ether oxygens (including phenoxy) is 1. The summed E-state index contributed by atoms with van der Waals surface area (Å²) < 4.78 is 5.17. The van der Waals surface area contributed by atoms with Gasteiger partial charge in [0.25, 0.3) is 0 Å². The summed E-state index contributed by atoms with van der Waals surface area (Å²) in [7, 11) is 1.62. The molecule has 1 fully saturated rings. The molecule has 4 nitrogen and oxygen atoms in total. The van der Waals surface area contributed by atoms with Crippen molar-refractivity contribution in [1.29, 1.82) is 0 Å². The maximum Gasteiger partial charge on any atom is 0.124 e. The molecule has 0 saturated carbocycles. The Balaban J connectivity index is 0.00000220. The van der Waals surface area contributed by atoms with Crippen LogP contribution in [0, 0.1) is 0 Å². The Kier molecular flexibility index (Phi) is 10.6. The summed E-state index contributed by atoms with van der Waals surface area (Å²) in [5.74, 6) is 1.06. The molecule has 0 aliphatic carbocycles. The van der Waals surface area contributed by atoms with Crippen LogP contribution < -0.4 is 10.1 Å². The minimum Gasteiger partial charge on any atom is -0.507 e. The van der Waals surface area contributed by atoms with E-state index in [9.17, 15) is 5.11 Å². The Morgan fingerprint density at radius 3 is 2.50 bits per heavy atom. The normalized spacial score (nSPS) is 16.3. The number of unbranched alkanes of at least 4 members (excludes halogenated alkanes) is 1. The van der Waals surface area contributed by atoms with Gasteiger partial charge in [-0.25, -0.2) is 0 Å². The predicted molar refractivity (Wildman–Crippen MR) is 95.9 cm³/mol. The highest BCUT2D eigenvalue weighted by molar-refractivity contribution is 5.85. The van der Waals surface area contributed by atoms with Crippen LogP contribution in [-0.2, 0) is 0 Å². The summed E-state index contributed by atoms with van der Waals surface area (Å²) in [4.78, 5) is 2.48. The molecule has 6 heteroatoms. The predicted octanol–water partition coefficient (Wildman–Crippen LogP) is 3.38. The van der Waals surface area contributed by atoms with Crippen molar-refractivity contribution in [2.75, 3.05) is 33.3 Å². The van der Waals surface area contributed by atoms with Crippen molar-refractivity contribution in [3.05, 3.63) is 23.8 Å². The molecule has 0 aromatic heterocycles. The summed E-state index contributed by atoms with van der Waals surface area (Å²) in [5, 5.41) is 13.7. The van der Waals surface area contributed by atoms with Crippen LogP contribution in [0.4, 0.5) is 0 Å². The topological polar surface area (TPSA) is 44.7 Å². The maximum absolute atomic E-state index is 10.3. The molecular formula is C16H28Cl2N2O2. The minimum absolute atomic E-state index is 0. The first-order chi connectivity index (χ1) is 9.76. The molecule has 1 saturated heterocycles. The molecule has 22 heavy (non-hydrogen) atoms. The van der Waals surface area contributed by atoms with Gasteiger partial charge in [-0.15, -0.1) is 24.8 Å². The Morgan fingerprint density at radius 1 is 1.27 bits per heavy atom. The fourth-order valence-corrected chi connectivity index (χ4v) is 2.86. The van der Waals surface area contributed by atoms with Gasteiger partial charge in [0, 0.05) is 43.9 Å². The van der Waals surface area contributed by atoms with Crippen molar-refractivity contribution in [2.45, 2.75) is 32.2 Å². The summed E-state index contributed by atoms with van der Waals surface area (Å²) in [6.45, 7) is 6.35. The van der Waals surface area contributed by atoms with Crippen molar-refractivity contribution >= 4 is 24.8 Å². The third-order valence-corrected chi connectivity index (χ3v) is 4.02. The second kappa shape index (κ2) is 10.9. The van der Waals surface area contributed by atoms with Gasteiger partial charge in [-0.05, 0) is 12.5 Å². The monoisotopic (exact) mass is 350 g/mol. The highest BCUT2D eigenvalue weighted by Crippen LogP contribution is 2.34. The van der Waals surface area contributed by atoms with Crippen LogP contribution in [0.1, 0.15) is 37.8 Å². The van der Waals surface area contributed by atoms with E-state index in [-0.39, 0.29) is 24.8 Å². The zero-order valence-corrected chi connectivity index (χ0v) is 15.0. The Labute approximate surface area is 146 Å². The average Bonchev–Trinajstić information content (AvgIpc) is 2.50. The summed E-state index contributed by atoms with van der Waals surface area (Å²) in [6.07, 6.45) is 3.45. The first-order valence-electron chi connectivity index (χ1n) is 7.58. The van der Waals surface area contributed by atoms with Gasteiger partial charge in [0.2, 0.25) is 0 Å². The lowest BCUT2D eigenvalue weighted by atomic mass is 9.97. The standard InChI is InChI=1S/C16H26N2O2.2ClH/c1-3-4-5-15(18-10-8-17-9-11-18)14-7-6-13(20-2)12-16(14)19;;/h6-7,12,15,17,19H,3-5,8-11H2,1-2H3;2*1H/t15-;;/m1../s1. The van der Waals surface area contributed by atoms with Crippen LogP contribution in [0.3, 0.4) is 0 Å². The Morgan fingerprint density at radius 2 is 1.95 bits per heavy atom. The van der Waals surface area contributed by atoms with Crippen molar-refractivity contribution in [3.63, 3.8) is 0 Å². The maximum atomic E-state index is 10.3. The number of hydrogen-bond donors (Lipinski definition) is 2. The van der Waals surface area contributed by atoms with Crippen LogP contribution in [0.5, 0.6) is 11.5 Å². The summed E-state index contributed by atoms with van der Waals surface area (Å²) in [5.41, 5.74) is 1.03. The van der Waals surface area contributed by atoms with Crippen LogP contribution in [0.2, 0.25) is 0 Å². The summed E-state index contributed by atoms with van der Waals surface area (Å²) >= 11 is 0. The fraction of sp³-hybridized carbons (Fsp3) is 0.625. The molecule has 2 N–H and O–H groups in total. The van der Waals surface area contributed by atoms with E-state index in [4.69, 9.17) is 4.74 Å². The van der Waals surface area contributed by atoms with E-state index in [0.717, 1.165) is 38.2 Å². The molecule has 0 amide bonds. The number of phenolic OH excluding ortho intramolecular Hbond substituents is 1. The van der Waals surface area contributed by atoms with Crippen molar-refractivity contribution in [3.8, 4) is 11.5 Å². The van der Waals surface area contributed by atoms with Gasteiger partial charge < -0.3 is 15.2 Å². The van der Waals surface area contributed by atoms with E-state index in [1.165, 1.54) is 12.8 Å². The number of nitrogens with zero attached hydrogens (tertiary/aromatic N) is 1. The van der Waals surface area contributed by atoms with Gasteiger partial charge in [0.05, 0.1) is 7.11 Å². The van der Waals surface area contributed by atoms with E-state index in [1.807, 2.05) is 12.1 Å². The summed E-state index contributed by atoms with van der Waals surface area (Å²) in [6, 6.07) is 5.98.